The molecule has 6 heteroatoms. The summed E-state index contributed by atoms with van der Waals surface area (Å²) in [6.45, 7) is 7.80. The quantitative estimate of drug-likeness (QED) is 0.250. The van der Waals surface area contributed by atoms with Gasteiger partial charge in [0.25, 0.3) is 0 Å². The molecule has 0 radical (unpaired) electrons. The van der Waals surface area contributed by atoms with E-state index in [2.05, 4.69) is 62.4 Å². The van der Waals surface area contributed by atoms with Gasteiger partial charge in [-0.3, -0.25) is 0 Å². The third-order valence-electron chi connectivity index (χ3n) is 9.30. The smallest absolute Gasteiger partial charge is 0.186 e. The highest BCUT2D eigenvalue weighted by Gasteiger charge is 2.49. The summed E-state index contributed by atoms with van der Waals surface area (Å²) in [5.41, 5.74) is 5.09. The number of hydrogen-bond donors (Lipinski definition) is 0. The van der Waals surface area contributed by atoms with Gasteiger partial charge in [-0.15, -0.1) is 0 Å². The molecule has 6 nitrogen and oxygen atoms in total. The van der Waals surface area contributed by atoms with Crippen LogP contribution in [0.4, 0.5) is 0 Å². The molecule has 5 rings (SSSR count). The zero-order valence-electron chi connectivity index (χ0n) is 26.6. The topological polar surface area (TPSA) is 55.4 Å². The Kier molecular flexibility index (Phi) is 13.4. The van der Waals surface area contributed by atoms with Crippen molar-refractivity contribution in [1.82, 2.24) is 0 Å². The molecule has 0 amide bonds. The van der Waals surface area contributed by atoms with Gasteiger partial charge in [0.2, 0.25) is 0 Å². The monoisotopic (exact) mass is 594 g/mol. The third kappa shape index (κ3) is 9.35. The maximum Gasteiger partial charge on any atom is 0.186 e. The molecular formula is C37H54O6. The highest BCUT2D eigenvalue weighted by atomic mass is 16.7. The van der Waals surface area contributed by atoms with Gasteiger partial charge in [0, 0.05) is 13.2 Å². The molecule has 2 bridgehead atoms. The average Bonchev–Trinajstić information content (AvgIpc) is 3.04. The van der Waals surface area contributed by atoms with Crippen molar-refractivity contribution >= 4 is 0 Å². The highest BCUT2D eigenvalue weighted by Crippen LogP contribution is 2.33. The summed E-state index contributed by atoms with van der Waals surface area (Å²) in [6.07, 6.45) is 10.5. The van der Waals surface area contributed by atoms with Crippen LogP contribution in [0.15, 0.2) is 48.5 Å². The zero-order valence-corrected chi connectivity index (χ0v) is 26.6. The number of rotatable bonds is 11. The van der Waals surface area contributed by atoms with Crippen LogP contribution >= 0.6 is 0 Å². The van der Waals surface area contributed by atoms with Crippen molar-refractivity contribution < 1.29 is 28.4 Å². The maximum absolute atomic E-state index is 6.90. The number of unbranched alkanes of at least 4 members (excludes halogenated alkanes) is 2. The van der Waals surface area contributed by atoms with Gasteiger partial charge in [-0.2, -0.15) is 0 Å². The Balaban J connectivity index is 1.45. The molecule has 2 heterocycles. The van der Waals surface area contributed by atoms with Crippen molar-refractivity contribution in [2.45, 2.75) is 128 Å². The molecule has 2 unspecified atom stereocenters. The van der Waals surface area contributed by atoms with Crippen molar-refractivity contribution in [3.05, 3.63) is 70.8 Å². The van der Waals surface area contributed by atoms with E-state index in [1.165, 1.54) is 54.4 Å². The van der Waals surface area contributed by atoms with Crippen molar-refractivity contribution in [2.75, 3.05) is 26.4 Å². The predicted molar refractivity (Wildman–Crippen MR) is 169 cm³/mol. The summed E-state index contributed by atoms with van der Waals surface area (Å²) < 4.78 is 39.9. The van der Waals surface area contributed by atoms with Gasteiger partial charge in [-0.25, -0.2) is 0 Å². The maximum atomic E-state index is 6.90. The third-order valence-corrected chi connectivity index (χ3v) is 9.30. The van der Waals surface area contributed by atoms with Crippen LogP contribution < -0.4 is 0 Å². The minimum Gasteiger partial charge on any atom is -0.374 e. The van der Waals surface area contributed by atoms with Crippen LogP contribution in [0.3, 0.4) is 0 Å². The minimum atomic E-state index is -0.529. The van der Waals surface area contributed by atoms with E-state index in [0.29, 0.717) is 45.6 Å². The summed E-state index contributed by atoms with van der Waals surface area (Å²) in [6, 6.07) is 17.3. The summed E-state index contributed by atoms with van der Waals surface area (Å²) >= 11 is 0. The van der Waals surface area contributed by atoms with Crippen LogP contribution in [-0.4, -0.2) is 57.1 Å². The van der Waals surface area contributed by atoms with E-state index >= 15 is 0 Å². The molecule has 0 aromatic heterocycles. The van der Waals surface area contributed by atoms with Gasteiger partial charge in [0.15, 0.2) is 6.29 Å². The Morgan fingerprint density at radius 3 is 1.95 bits per heavy atom. The highest BCUT2D eigenvalue weighted by molar-refractivity contribution is 5.31. The Morgan fingerprint density at radius 2 is 1.30 bits per heavy atom. The van der Waals surface area contributed by atoms with Crippen molar-refractivity contribution in [2.24, 2.45) is 5.92 Å². The fourth-order valence-corrected chi connectivity index (χ4v) is 6.65. The predicted octanol–water partition coefficient (Wildman–Crippen LogP) is 7.58. The van der Waals surface area contributed by atoms with Crippen molar-refractivity contribution in [3.8, 4) is 0 Å². The van der Waals surface area contributed by atoms with E-state index < -0.39 is 6.29 Å². The number of benzene rings is 2. The van der Waals surface area contributed by atoms with E-state index in [0.717, 1.165) is 38.5 Å². The second-order valence-electron chi connectivity index (χ2n) is 12.6. The molecule has 2 aliphatic heterocycles. The Labute approximate surface area is 259 Å². The lowest BCUT2D eigenvalue weighted by Gasteiger charge is -2.46. The SMILES string of the molecule is CCCCO[C@@H]1C2COCc3ccccc3CCc3ccccc3COC1[C@H](OCCCC)[C@H](OCC1CCCCC1)O2. The molecule has 3 aliphatic rings. The first-order valence-corrected chi connectivity index (χ1v) is 17.1. The van der Waals surface area contributed by atoms with Crippen LogP contribution in [0, 0.1) is 5.92 Å². The summed E-state index contributed by atoms with van der Waals surface area (Å²) in [5, 5.41) is 0. The van der Waals surface area contributed by atoms with Crippen molar-refractivity contribution in [1.29, 1.82) is 0 Å². The van der Waals surface area contributed by atoms with Gasteiger partial charge in [0.1, 0.15) is 24.4 Å². The fraction of sp³-hybridized carbons (Fsp3) is 0.676. The molecule has 1 aliphatic carbocycles. The van der Waals surface area contributed by atoms with E-state index in [1.807, 2.05) is 0 Å². The molecule has 5 atom stereocenters. The molecule has 2 aromatic carbocycles. The lowest BCUT2D eigenvalue weighted by Crippen LogP contribution is -2.62. The van der Waals surface area contributed by atoms with Gasteiger partial charge < -0.3 is 28.4 Å². The van der Waals surface area contributed by atoms with E-state index in [1.54, 1.807) is 0 Å². The normalized spacial score (nSPS) is 27.2. The van der Waals surface area contributed by atoms with E-state index in [-0.39, 0.29) is 24.4 Å². The standard InChI is InChI=1S/C37H54O6/c1-3-5-22-39-34-33-27-38-25-31-18-12-10-16-29(31)20-21-30-17-11-13-19-32(30)26-41-35(34)36(40-23-6-4-2)37(43-33)42-24-28-14-8-7-9-15-28/h10-13,16-19,28,33-37H,3-9,14-15,20-27H2,1-2H3/t33?,34-,35?,36+,37-/m1/s1. The lowest BCUT2D eigenvalue weighted by atomic mass is 9.90. The summed E-state index contributed by atoms with van der Waals surface area (Å²) in [5.74, 6) is 0.572. The van der Waals surface area contributed by atoms with Crippen LogP contribution in [0.25, 0.3) is 0 Å². The van der Waals surface area contributed by atoms with Crippen LogP contribution in [0.5, 0.6) is 0 Å². The molecule has 1 saturated heterocycles. The number of ether oxygens (including phenoxy) is 6. The first-order chi connectivity index (χ1) is 21.3. The lowest BCUT2D eigenvalue weighted by molar-refractivity contribution is -0.327. The molecule has 2 aromatic rings. The van der Waals surface area contributed by atoms with Crippen LogP contribution in [-0.2, 0) is 54.5 Å². The Hall–Kier alpha value is -1.80. The largest absolute Gasteiger partial charge is 0.374 e. The summed E-state index contributed by atoms with van der Waals surface area (Å²) in [4.78, 5) is 0. The molecular weight excluding hydrogens is 540 g/mol. The Bertz CT molecular complexity index is 1070. The second-order valence-corrected chi connectivity index (χ2v) is 12.6. The van der Waals surface area contributed by atoms with Crippen LogP contribution in [0.2, 0.25) is 0 Å². The van der Waals surface area contributed by atoms with Gasteiger partial charge in [-0.05, 0) is 66.7 Å². The molecule has 238 valence electrons. The zero-order chi connectivity index (χ0) is 29.7. The van der Waals surface area contributed by atoms with E-state index in [9.17, 15) is 0 Å². The second kappa shape index (κ2) is 17.6. The molecule has 0 N–H and O–H groups in total. The van der Waals surface area contributed by atoms with Gasteiger partial charge in [0.05, 0.1) is 26.4 Å². The van der Waals surface area contributed by atoms with Gasteiger partial charge >= 0.3 is 0 Å². The van der Waals surface area contributed by atoms with Crippen LogP contribution in [0.1, 0.15) is 93.9 Å². The molecule has 43 heavy (non-hydrogen) atoms. The van der Waals surface area contributed by atoms with Crippen molar-refractivity contribution in [3.63, 3.8) is 0 Å². The first-order valence-electron chi connectivity index (χ1n) is 17.1. The number of aryl methyl sites for hydroxylation is 2. The minimum absolute atomic E-state index is 0.321. The number of fused-ring (bicyclic) bond motifs is 4. The molecule has 1 saturated carbocycles. The van der Waals surface area contributed by atoms with E-state index in [4.69, 9.17) is 28.4 Å². The molecule has 0 spiro atoms. The average molecular weight is 595 g/mol. The first kappa shape index (κ1) is 32.6. The molecule has 2 fully saturated rings. The summed E-state index contributed by atoms with van der Waals surface area (Å²) in [7, 11) is 0. The fourth-order valence-electron chi connectivity index (χ4n) is 6.65. The van der Waals surface area contributed by atoms with Gasteiger partial charge in [-0.1, -0.05) is 94.5 Å². The Morgan fingerprint density at radius 1 is 0.698 bits per heavy atom. The number of hydrogen-bond acceptors (Lipinski definition) is 6.